The maximum absolute atomic E-state index is 11.8. The average molecular weight is 313 g/mol. The molecule has 0 N–H and O–H groups in total. The smallest absolute Gasteiger partial charge is 0.272 e. The third-order valence-electron chi connectivity index (χ3n) is 3.11. The number of nitrogens with zero attached hydrogens (tertiary/aromatic N) is 2. The molecule has 6 heteroatoms. The number of anilines is 1. The third-order valence-corrected chi connectivity index (χ3v) is 4.03. The summed E-state index contributed by atoms with van der Waals surface area (Å²) in [6.45, 7) is 2.35. The van der Waals surface area contributed by atoms with Crippen LogP contribution in [0.2, 0.25) is 0 Å². The summed E-state index contributed by atoms with van der Waals surface area (Å²) in [5.41, 5.74) is 1.40. The van der Waals surface area contributed by atoms with Crippen molar-refractivity contribution in [2.45, 2.75) is 13.3 Å². The molecule has 1 amide bonds. The van der Waals surface area contributed by atoms with Crippen LogP contribution in [0.1, 0.15) is 12.0 Å². The summed E-state index contributed by atoms with van der Waals surface area (Å²) in [6.07, 6.45) is 0.529. The first-order chi connectivity index (χ1) is 8.52. The highest BCUT2D eigenvalue weighted by Crippen LogP contribution is 2.29. The van der Waals surface area contributed by atoms with Gasteiger partial charge in [-0.2, -0.15) is 0 Å². The van der Waals surface area contributed by atoms with Crippen molar-refractivity contribution < 1.29 is 9.72 Å². The molecule has 1 atom stereocenters. The lowest BCUT2D eigenvalue weighted by Gasteiger charge is -2.16. The zero-order chi connectivity index (χ0) is 13.3. The first-order valence-electron chi connectivity index (χ1n) is 5.64. The Morgan fingerprint density at radius 1 is 1.56 bits per heavy atom. The number of halogens is 1. The molecule has 1 fully saturated rings. The average Bonchev–Trinajstić information content (AvgIpc) is 2.70. The predicted molar refractivity (Wildman–Crippen MR) is 72.1 cm³/mol. The molecule has 1 aromatic rings. The van der Waals surface area contributed by atoms with Crippen molar-refractivity contribution >= 4 is 33.2 Å². The molecule has 0 saturated carbocycles. The molecule has 18 heavy (non-hydrogen) atoms. The van der Waals surface area contributed by atoms with E-state index < -0.39 is 4.92 Å². The van der Waals surface area contributed by atoms with Crippen molar-refractivity contribution in [3.63, 3.8) is 0 Å². The highest BCUT2D eigenvalue weighted by atomic mass is 79.9. The van der Waals surface area contributed by atoms with Crippen LogP contribution < -0.4 is 4.90 Å². The van der Waals surface area contributed by atoms with E-state index in [0.717, 1.165) is 11.0 Å². The second kappa shape index (κ2) is 5.06. The summed E-state index contributed by atoms with van der Waals surface area (Å²) in [6, 6.07) is 4.80. The van der Waals surface area contributed by atoms with Crippen LogP contribution in [0.3, 0.4) is 0 Å². The second-order valence-electron chi connectivity index (χ2n) is 4.46. The van der Waals surface area contributed by atoms with Gasteiger partial charge in [0.1, 0.15) is 0 Å². The molecule has 0 bridgehead atoms. The number of rotatable bonds is 3. The topological polar surface area (TPSA) is 63.5 Å². The molecule has 1 saturated heterocycles. The maximum atomic E-state index is 11.8. The minimum atomic E-state index is -0.411. The minimum Gasteiger partial charge on any atom is -0.312 e. The summed E-state index contributed by atoms with van der Waals surface area (Å²) in [5.74, 6) is 0.390. The van der Waals surface area contributed by atoms with Crippen LogP contribution in [-0.2, 0) is 4.79 Å². The Balaban J connectivity index is 2.27. The molecule has 0 aliphatic carbocycles. The lowest BCUT2D eigenvalue weighted by atomic mass is 10.1. The summed E-state index contributed by atoms with van der Waals surface area (Å²) < 4.78 is 0. The SMILES string of the molecule is Cc1cc(N2CC(CBr)CC2=O)ccc1[N+](=O)[O-]. The molecule has 1 aliphatic rings. The Bertz CT molecular complexity index is 504. The van der Waals surface area contributed by atoms with E-state index in [9.17, 15) is 14.9 Å². The van der Waals surface area contributed by atoms with E-state index in [2.05, 4.69) is 15.9 Å². The number of alkyl halides is 1. The number of carbonyl (C=O) groups is 1. The van der Waals surface area contributed by atoms with E-state index in [4.69, 9.17) is 0 Å². The van der Waals surface area contributed by atoms with Crippen LogP contribution in [-0.4, -0.2) is 22.7 Å². The molecule has 1 heterocycles. The van der Waals surface area contributed by atoms with Gasteiger partial charge in [0.25, 0.3) is 5.69 Å². The normalized spacial score (nSPS) is 19.3. The van der Waals surface area contributed by atoms with Crippen LogP contribution in [0, 0.1) is 23.0 Å². The van der Waals surface area contributed by atoms with Crippen molar-refractivity contribution in [3.05, 3.63) is 33.9 Å². The van der Waals surface area contributed by atoms with Gasteiger partial charge in [0, 0.05) is 35.6 Å². The van der Waals surface area contributed by atoms with Gasteiger partial charge in [-0.3, -0.25) is 14.9 Å². The molecular formula is C12H13BrN2O3. The predicted octanol–water partition coefficient (Wildman–Crippen LogP) is 2.65. The first-order valence-corrected chi connectivity index (χ1v) is 6.76. The monoisotopic (exact) mass is 312 g/mol. The van der Waals surface area contributed by atoms with Gasteiger partial charge in [-0.1, -0.05) is 15.9 Å². The Hall–Kier alpha value is -1.43. The molecule has 0 aromatic heterocycles. The largest absolute Gasteiger partial charge is 0.312 e. The lowest BCUT2D eigenvalue weighted by molar-refractivity contribution is -0.385. The van der Waals surface area contributed by atoms with E-state index in [1.54, 1.807) is 24.0 Å². The second-order valence-corrected chi connectivity index (χ2v) is 5.10. The number of nitro benzene ring substituents is 1. The molecule has 2 rings (SSSR count). The highest BCUT2D eigenvalue weighted by molar-refractivity contribution is 9.09. The summed E-state index contributed by atoms with van der Waals surface area (Å²) >= 11 is 3.38. The number of nitro groups is 1. The molecule has 5 nitrogen and oxygen atoms in total. The molecule has 96 valence electrons. The van der Waals surface area contributed by atoms with Gasteiger partial charge in [-0.05, 0) is 25.0 Å². The molecule has 1 aromatic carbocycles. The van der Waals surface area contributed by atoms with Crippen molar-refractivity contribution in [2.24, 2.45) is 5.92 Å². The van der Waals surface area contributed by atoms with Crippen molar-refractivity contribution in [2.75, 3.05) is 16.8 Å². The summed E-state index contributed by atoms with van der Waals surface area (Å²) in [7, 11) is 0. The first kappa shape index (κ1) is 13.0. The molecule has 1 unspecified atom stereocenters. The van der Waals surface area contributed by atoms with Gasteiger partial charge in [0.2, 0.25) is 5.91 Å². The zero-order valence-electron chi connectivity index (χ0n) is 9.93. The van der Waals surface area contributed by atoms with E-state index >= 15 is 0 Å². The third kappa shape index (κ3) is 2.38. The van der Waals surface area contributed by atoms with Crippen LogP contribution in [0.15, 0.2) is 18.2 Å². The Morgan fingerprint density at radius 3 is 2.78 bits per heavy atom. The number of amides is 1. The van der Waals surface area contributed by atoms with Crippen molar-refractivity contribution in [3.8, 4) is 0 Å². The number of aryl methyl sites for hydroxylation is 1. The van der Waals surface area contributed by atoms with Crippen molar-refractivity contribution in [1.82, 2.24) is 0 Å². The van der Waals surface area contributed by atoms with Gasteiger partial charge >= 0.3 is 0 Å². The van der Waals surface area contributed by atoms with E-state index in [1.165, 1.54) is 6.07 Å². The fraction of sp³-hybridized carbons (Fsp3) is 0.417. The van der Waals surface area contributed by atoms with E-state index in [0.29, 0.717) is 24.4 Å². The quantitative estimate of drug-likeness (QED) is 0.489. The number of hydrogen-bond donors (Lipinski definition) is 0. The van der Waals surface area contributed by atoms with Crippen LogP contribution in [0.4, 0.5) is 11.4 Å². The standard InChI is InChI=1S/C12H13BrN2O3/c1-8-4-10(2-3-11(8)15(17)18)14-7-9(6-13)5-12(14)16/h2-4,9H,5-7H2,1H3. The number of benzene rings is 1. The van der Waals surface area contributed by atoms with Crippen LogP contribution in [0.25, 0.3) is 0 Å². The van der Waals surface area contributed by atoms with Gasteiger partial charge < -0.3 is 4.90 Å². The Morgan fingerprint density at radius 2 is 2.28 bits per heavy atom. The van der Waals surface area contributed by atoms with Gasteiger partial charge in [0.15, 0.2) is 0 Å². The summed E-state index contributed by atoms with van der Waals surface area (Å²) in [5, 5.41) is 11.5. The molecule has 0 spiro atoms. The Labute approximate surface area is 113 Å². The van der Waals surface area contributed by atoms with Gasteiger partial charge in [-0.15, -0.1) is 0 Å². The Kier molecular flexibility index (Phi) is 3.65. The fourth-order valence-corrected chi connectivity index (χ4v) is 2.58. The van der Waals surface area contributed by atoms with Crippen LogP contribution >= 0.6 is 15.9 Å². The number of hydrogen-bond acceptors (Lipinski definition) is 3. The minimum absolute atomic E-state index is 0.0766. The lowest BCUT2D eigenvalue weighted by Crippen LogP contribution is -2.24. The van der Waals surface area contributed by atoms with E-state index in [-0.39, 0.29) is 11.6 Å². The molecule has 0 radical (unpaired) electrons. The van der Waals surface area contributed by atoms with Gasteiger partial charge in [0.05, 0.1) is 4.92 Å². The van der Waals surface area contributed by atoms with Crippen LogP contribution in [0.5, 0.6) is 0 Å². The van der Waals surface area contributed by atoms with Crippen molar-refractivity contribution in [1.29, 1.82) is 0 Å². The number of carbonyl (C=O) groups excluding carboxylic acids is 1. The zero-order valence-corrected chi connectivity index (χ0v) is 11.5. The maximum Gasteiger partial charge on any atom is 0.272 e. The van der Waals surface area contributed by atoms with Gasteiger partial charge in [-0.25, -0.2) is 0 Å². The molecular weight excluding hydrogens is 300 g/mol. The molecule has 1 aliphatic heterocycles. The fourth-order valence-electron chi connectivity index (χ4n) is 2.15. The summed E-state index contributed by atoms with van der Waals surface area (Å²) in [4.78, 5) is 23.9. The highest BCUT2D eigenvalue weighted by Gasteiger charge is 2.30. The van der Waals surface area contributed by atoms with E-state index in [1.807, 2.05) is 0 Å².